The van der Waals surface area contributed by atoms with E-state index < -0.39 is 7.12 Å². The lowest BCUT2D eigenvalue weighted by atomic mass is 9.78. The average Bonchev–Trinajstić information content (AvgIpc) is 2.85. The van der Waals surface area contributed by atoms with Crippen molar-refractivity contribution in [1.82, 2.24) is 0 Å². The summed E-state index contributed by atoms with van der Waals surface area (Å²) in [5.74, 6) is 0. The summed E-state index contributed by atoms with van der Waals surface area (Å²) in [6.45, 7) is 0. The van der Waals surface area contributed by atoms with Crippen LogP contribution in [0.4, 0.5) is 0 Å². The summed E-state index contributed by atoms with van der Waals surface area (Å²) >= 11 is 0. The number of hydrogen-bond acceptors (Lipinski definition) is 3. The van der Waals surface area contributed by atoms with E-state index in [2.05, 4.69) is 0 Å². The minimum absolute atomic E-state index is 0.398. The van der Waals surface area contributed by atoms with Crippen molar-refractivity contribution in [2.45, 2.75) is 0 Å². The zero-order chi connectivity index (χ0) is 13.7. The third-order valence-electron chi connectivity index (χ3n) is 3.68. The molecule has 1 heterocycles. The van der Waals surface area contributed by atoms with E-state index >= 15 is 0 Å². The van der Waals surface area contributed by atoms with Gasteiger partial charge in [-0.25, -0.2) is 0 Å². The summed E-state index contributed by atoms with van der Waals surface area (Å²) in [5, 5.41) is 23.1. The molecule has 3 aromatic carbocycles. The van der Waals surface area contributed by atoms with Crippen LogP contribution in [0.15, 0.2) is 59.0 Å². The van der Waals surface area contributed by atoms with Crippen molar-refractivity contribution in [2.75, 3.05) is 0 Å². The first kappa shape index (κ1) is 11.5. The fraction of sp³-hybridized carbons (Fsp3) is 0. The number of hydrogen-bond donors (Lipinski definition) is 2. The molecule has 0 aliphatic heterocycles. The summed E-state index contributed by atoms with van der Waals surface area (Å²) < 4.78 is 5.83. The predicted octanol–water partition coefficient (Wildman–Crippen LogP) is 2.42. The fourth-order valence-corrected chi connectivity index (χ4v) is 2.79. The van der Waals surface area contributed by atoms with Gasteiger partial charge in [0.15, 0.2) is 0 Å². The molecule has 0 saturated carbocycles. The molecule has 0 aliphatic carbocycles. The van der Waals surface area contributed by atoms with Gasteiger partial charge in [0.25, 0.3) is 0 Å². The number of rotatable bonds is 1. The topological polar surface area (TPSA) is 53.6 Å². The van der Waals surface area contributed by atoms with Gasteiger partial charge >= 0.3 is 7.12 Å². The number of furan rings is 1. The SMILES string of the molecule is OB(O)c1cc2ccccc2c2c1oc1ccccc12. The van der Waals surface area contributed by atoms with Crippen molar-refractivity contribution < 1.29 is 14.5 Å². The van der Waals surface area contributed by atoms with Crippen LogP contribution in [0, 0.1) is 0 Å². The Bertz CT molecular complexity index is 940. The molecule has 0 saturated heterocycles. The Morgan fingerprint density at radius 1 is 0.850 bits per heavy atom. The zero-order valence-electron chi connectivity index (χ0n) is 10.6. The molecule has 1 aromatic heterocycles. The number of benzene rings is 3. The van der Waals surface area contributed by atoms with E-state index in [-0.39, 0.29) is 0 Å². The highest BCUT2D eigenvalue weighted by Crippen LogP contribution is 2.33. The van der Waals surface area contributed by atoms with Gasteiger partial charge in [-0.1, -0.05) is 48.5 Å². The Balaban J connectivity index is 2.34. The average molecular weight is 262 g/mol. The molecule has 4 rings (SSSR count). The Labute approximate surface area is 115 Å². The number of fused-ring (bicyclic) bond motifs is 5. The van der Waals surface area contributed by atoms with E-state index in [0.29, 0.717) is 11.0 Å². The Hall–Kier alpha value is -2.30. The third-order valence-corrected chi connectivity index (χ3v) is 3.68. The molecule has 0 fully saturated rings. The normalized spacial score (nSPS) is 11.5. The third kappa shape index (κ3) is 1.49. The Morgan fingerprint density at radius 3 is 2.35 bits per heavy atom. The summed E-state index contributed by atoms with van der Waals surface area (Å²) in [7, 11) is -1.55. The first-order chi connectivity index (χ1) is 9.75. The lowest BCUT2D eigenvalue weighted by Gasteiger charge is -2.05. The maximum Gasteiger partial charge on any atom is 0.492 e. The van der Waals surface area contributed by atoms with Gasteiger partial charge in [-0.2, -0.15) is 0 Å². The second kappa shape index (κ2) is 4.10. The maximum absolute atomic E-state index is 9.60. The van der Waals surface area contributed by atoms with E-state index in [1.54, 1.807) is 6.07 Å². The van der Waals surface area contributed by atoms with Crippen molar-refractivity contribution in [3.8, 4) is 0 Å². The smallest absolute Gasteiger partial charge is 0.456 e. The molecular formula is C16H11BO3. The van der Waals surface area contributed by atoms with Crippen LogP contribution in [0.3, 0.4) is 0 Å². The van der Waals surface area contributed by atoms with Gasteiger partial charge in [-0.15, -0.1) is 0 Å². The molecule has 0 radical (unpaired) electrons. The molecule has 0 unspecified atom stereocenters. The van der Waals surface area contributed by atoms with Gasteiger partial charge in [0, 0.05) is 16.2 Å². The standard InChI is InChI=1S/C16H11BO3/c18-17(19)13-9-10-5-1-2-6-11(10)15-12-7-3-4-8-14(12)20-16(13)15/h1-9,18-19H. The highest BCUT2D eigenvalue weighted by molar-refractivity contribution is 6.62. The van der Waals surface area contributed by atoms with E-state index in [1.165, 1.54) is 0 Å². The highest BCUT2D eigenvalue weighted by atomic mass is 16.4. The van der Waals surface area contributed by atoms with Crippen LogP contribution in [0.5, 0.6) is 0 Å². The van der Waals surface area contributed by atoms with Crippen LogP contribution in [0.2, 0.25) is 0 Å². The quantitative estimate of drug-likeness (QED) is 0.518. The molecule has 2 N–H and O–H groups in total. The van der Waals surface area contributed by atoms with Gasteiger partial charge < -0.3 is 14.5 Å². The summed E-state index contributed by atoms with van der Waals surface area (Å²) in [6, 6.07) is 17.4. The highest BCUT2D eigenvalue weighted by Gasteiger charge is 2.21. The molecule has 0 amide bonds. The molecule has 20 heavy (non-hydrogen) atoms. The lowest BCUT2D eigenvalue weighted by molar-refractivity contribution is 0.425. The van der Waals surface area contributed by atoms with Gasteiger partial charge in [0.1, 0.15) is 11.2 Å². The monoisotopic (exact) mass is 262 g/mol. The molecular weight excluding hydrogens is 251 g/mol. The maximum atomic E-state index is 9.60. The van der Waals surface area contributed by atoms with Gasteiger partial charge in [-0.05, 0) is 16.8 Å². The number of para-hydroxylation sites is 1. The van der Waals surface area contributed by atoms with Crippen LogP contribution in [0.1, 0.15) is 0 Å². The second-order valence-electron chi connectivity index (χ2n) is 4.86. The summed E-state index contributed by atoms with van der Waals surface area (Å²) in [4.78, 5) is 0. The molecule has 96 valence electrons. The van der Waals surface area contributed by atoms with E-state index in [4.69, 9.17) is 4.42 Å². The molecule has 0 aliphatic rings. The summed E-state index contributed by atoms with van der Waals surface area (Å²) in [6.07, 6.45) is 0. The van der Waals surface area contributed by atoms with Gasteiger partial charge in [0.2, 0.25) is 0 Å². The van der Waals surface area contributed by atoms with Crippen LogP contribution < -0.4 is 5.46 Å². The minimum Gasteiger partial charge on any atom is -0.456 e. The van der Waals surface area contributed by atoms with E-state index in [1.807, 2.05) is 48.5 Å². The van der Waals surface area contributed by atoms with Crippen molar-refractivity contribution in [3.63, 3.8) is 0 Å². The van der Waals surface area contributed by atoms with Crippen LogP contribution in [-0.2, 0) is 0 Å². The van der Waals surface area contributed by atoms with Crippen molar-refractivity contribution in [2.24, 2.45) is 0 Å². The van der Waals surface area contributed by atoms with Crippen LogP contribution in [-0.4, -0.2) is 17.2 Å². The van der Waals surface area contributed by atoms with Crippen molar-refractivity contribution in [3.05, 3.63) is 54.6 Å². The fourth-order valence-electron chi connectivity index (χ4n) is 2.79. The van der Waals surface area contributed by atoms with Crippen molar-refractivity contribution in [1.29, 1.82) is 0 Å². The second-order valence-corrected chi connectivity index (χ2v) is 4.86. The zero-order valence-corrected chi connectivity index (χ0v) is 10.6. The van der Waals surface area contributed by atoms with E-state index in [9.17, 15) is 10.0 Å². The van der Waals surface area contributed by atoms with Crippen LogP contribution in [0.25, 0.3) is 32.7 Å². The molecule has 0 atom stereocenters. The molecule has 4 heteroatoms. The van der Waals surface area contributed by atoms with Gasteiger partial charge in [-0.3, -0.25) is 0 Å². The Kier molecular flexibility index (Phi) is 2.36. The van der Waals surface area contributed by atoms with E-state index in [0.717, 1.165) is 27.1 Å². The summed E-state index contributed by atoms with van der Waals surface area (Å²) in [5.41, 5.74) is 1.69. The first-order valence-corrected chi connectivity index (χ1v) is 6.45. The molecule has 3 nitrogen and oxygen atoms in total. The first-order valence-electron chi connectivity index (χ1n) is 6.45. The van der Waals surface area contributed by atoms with Crippen molar-refractivity contribution >= 4 is 45.3 Å². The van der Waals surface area contributed by atoms with Gasteiger partial charge in [0.05, 0.1) is 0 Å². The molecule has 0 spiro atoms. The Morgan fingerprint density at radius 2 is 1.55 bits per heavy atom. The van der Waals surface area contributed by atoms with Crippen LogP contribution >= 0.6 is 0 Å². The molecule has 0 bridgehead atoms. The lowest BCUT2D eigenvalue weighted by Crippen LogP contribution is -2.30. The largest absolute Gasteiger partial charge is 0.492 e. The minimum atomic E-state index is -1.55. The predicted molar refractivity (Wildman–Crippen MR) is 81.1 cm³/mol. The molecule has 4 aromatic rings.